The fourth-order valence-corrected chi connectivity index (χ4v) is 5.31. The molecule has 0 saturated carbocycles. The summed E-state index contributed by atoms with van der Waals surface area (Å²) in [6.07, 6.45) is -1.35. The molecule has 0 heterocycles. The van der Waals surface area contributed by atoms with Crippen LogP contribution in [0.25, 0.3) is 10.8 Å². The van der Waals surface area contributed by atoms with E-state index in [2.05, 4.69) is 0 Å². The normalized spacial score (nSPS) is 18.2. The van der Waals surface area contributed by atoms with E-state index in [1.165, 1.54) is 0 Å². The predicted octanol–water partition coefficient (Wildman–Crippen LogP) is 5.81. The van der Waals surface area contributed by atoms with Gasteiger partial charge in [-0.1, -0.05) is 66.7 Å². The summed E-state index contributed by atoms with van der Waals surface area (Å²) in [6.45, 7) is 10.5. The molecule has 6 heteroatoms. The molecule has 0 radical (unpaired) electrons. The zero-order valence-electron chi connectivity index (χ0n) is 22.2. The van der Waals surface area contributed by atoms with Gasteiger partial charge in [0.2, 0.25) is 0 Å². The smallest absolute Gasteiger partial charge is 0.329 e. The Labute approximate surface area is 217 Å². The number of hydrogen-bond acceptors (Lipinski definition) is 6. The summed E-state index contributed by atoms with van der Waals surface area (Å²) in [6, 6.07) is 20.6. The third kappa shape index (κ3) is 4.73. The summed E-state index contributed by atoms with van der Waals surface area (Å²) in [5, 5.41) is 1.93. The molecular weight excluding hydrogens is 468 g/mol. The fraction of sp³-hybridized carbons (Fsp3) is 0.387. The zero-order chi connectivity index (χ0) is 26.9. The molecule has 0 spiro atoms. The lowest BCUT2D eigenvalue weighted by Crippen LogP contribution is -2.51. The summed E-state index contributed by atoms with van der Waals surface area (Å²) >= 11 is 0. The van der Waals surface area contributed by atoms with E-state index in [0.717, 1.165) is 10.8 Å². The van der Waals surface area contributed by atoms with E-state index in [4.69, 9.17) is 14.2 Å². The van der Waals surface area contributed by atoms with Crippen LogP contribution in [0.15, 0.2) is 66.7 Å². The Morgan fingerprint density at radius 1 is 0.676 bits per heavy atom. The summed E-state index contributed by atoms with van der Waals surface area (Å²) in [7, 11) is 0. The van der Waals surface area contributed by atoms with Crippen LogP contribution in [0.3, 0.4) is 0 Å². The van der Waals surface area contributed by atoms with E-state index in [1.807, 2.05) is 42.5 Å². The lowest BCUT2D eigenvalue weighted by atomic mass is 9.68. The molecule has 37 heavy (non-hydrogen) atoms. The van der Waals surface area contributed by atoms with Crippen LogP contribution >= 0.6 is 0 Å². The Hall–Kier alpha value is -3.67. The van der Waals surface area contributed by atoms with Crippen LogP contribution in [0.5, 0.6) is 0 Å². The van der Waals surface area contributed by atoms with Crippen molar-refractivity contribution in [3.8, 4) is 0 Å². The second-order valence-electron chi connectivity index (χ2n) is 10.4. The minimum Gasteiger partial charge on any atom is -0.462 e. The first-order valence-corrected chi connectivity index (χ1v) is 12.8. The number of fused-ring (bicyclic) bond motifs is 2. The van der Waals surface area contributed by atoms with Crippen LogP contribution in [0, 0.1) is 0 Å². The number of rotatable bonds is 7. The minimum atomic E-state index is -1.89. The van der Waals surface area contributed by atoms with Crippen LogP contribution in [0.4, 0.5) is 0 Å². The van der Waals surface area contributed by atoms with Crippen molar-refractivity contribution in [3.63, 3.8) is 0 Å². The molecule has 0 saturated heterocycles. The second-order valence-corrected chi connectivity index (χ2v) is 10.4. The third-order valence-electron chi connectivity index (χ3n) is 6.59. The van der Waals surface area contributed by atoms with E-state index in [1.54, 1.807) is 65.8 Å². The standard InChI is InChI=1S/C31H34O6/c1-18(2)35-28(32)26-24-13-9-10-14-25(24)31(29(33)36-19(3)4,30(34)37-20(5)6)27(26)23-16-15-21-11-7-8-12-22(21)17-23/h7-20,26-27H,1-6H3/t26-,27-/m1/s1. The lowest BCUT2D eigenvalue weighted by molar-refractivity contribution is -0.171. The quantitative estimate of drug-likeness (QED) is 0.230. The van der Waals surface area contributed by atoms with Crippen LogP contribution in [0.1, 0.15) is 70.1 Å². The molecule has 1 aliphatic rings. The number of carbonyl (C=O) groups is 3. The molecule has 0 bridgehead atoms. The molecule has 0 fully saturated rings. The molecule has 2 atom stereocenters. The van der Waals surface area contributed by atoms with Gasteiger partial charge >= 0.3 is 17.9 Å². The van der Waals surface area contributed by atoms with Gasteiger partial charge in [0.05, 0.1) is 24.2 Å². The van der Waals surface area contributed by atoms with E-state index >= 15 is 0 Å². The van der Waals surface area contributed by atoms with Crippen molar-refractivity contribution in [3.05, 3.63) is 83.4 Å². The van der Waals surface area contributed by atoms with E-state index < -0.39 is 47.4 Å². The summed E-state index contributed by atoms with van der Waals surface area (Å²) in [5.41, 5.74) is -0.265. The first kappa shape index (κ1) is 26.4. The maximum Gasteiger partial charge on any atom is 0.329 e. The van der Waals surface area contributed by atoms with Gasteiger partial charge in [0, 0.05) is 5.92 Å². The monoisotopic (exact) mass is 502 g/mol. The van der Waals surface area contributed by atoms with Crippen LogP contribution < -0.4 is 0 Å². The Balaban J connectivity index is 2.07. The number of hydrogen-bond donors (Lipinski definition) is 0. The number of esters is 3. The Morgan fingerprint density at radius 2 is 1.22 bits per heavy atom. The molecule has 1 aliphatic carbocycles. The van der Waals surface area contributed by atoms with Crippen molar-refractivity contribution in [2.75, 3.05) is 0 Å². The Morgan fingerprint density at radius 3 is 1.81 bits per heavy atom. The molecule has 3 aromatic rings. The van der Waals surface area contributed by atoms with Crippen LogP contribution in [0.2, 0.25) is 0 Å². The van der Waals surface area contributed by atoms with Gasteiger partial charge in [-0.3, -0.25) is 14.4 Å². The molecule has 0 aromatic heterocycles. The third-order valence-corrected chi connectivity index (χ3v) is 6.59. The van der Waals surface area contributed by atoms with Crippen molar-refractivity contribution in [2.45, 2.75) is 77.1 Å². The van der Waals surface area contributed by atoms with Gasteiger partial charge in [-0.2, -0.15) is 0 Å². The van der Waals surface area contributed by atoms with Gasteiger partial charge in [-0.05, 0) is 69.0 Å². The zero-order valence-corrected chi connectivity index (χ0v) is 22.2. The molecule has 0 N–H and O–H groups in total. The molecule has 6 nitrogen and oxygen atoms in total. The van der Waals surface area contributed by atoms with Crippen molar-refractivity contribution >= 4 is 28.7 Å². The van der Waals surface area contributed by atoms with Crippen molar-refractivity contribution < 1.29 is 28.6 Å². The van der Waals surface area contributed by atoms with Crippen molar-refractivity contribution in [2.24, 2.45) is 0 Å². The largest absolute Gasteiger partial charge is 0.462 e. The van der Waals surface area contributed by atoms with Gasteiger partial charge in [0.1, 0.15) is 0 Å². The number of carbonyl (C=O) groups excluding carboxylic acids is 3. The van der Waals surface area contributed by atoms with Crippen molar-refractivity contribution in [1.82, 2.24) is 0 Å². The molecule has 194 valence electrons. The summed E-state index contributed by atoms with van der Waals surface area (Å²) in [4.78, 5) is 42.0. The molecule has 0 aliphatic heterocycles. The first-order chi connectivity index (χ1) is 17.6. The predicted molar refractivity (Wildman–Crippen MR) is 141 cm³/mol. The SMILES string of the molecule is CC(C)OC(=O)[C@@H]1c2ccccc2C(C(=O)OC(C)C)(C(=O)OC(C)C)[C@@H]1c1ccc2ccccc2c1. The van der Waals surface area contributed by atoms with Crippen LogP contribution in [-0.2, 0) is 34.0 Å². The topological polar surface area (TPSA) is 78.9 Å². The molecular formula is C31H34O6. The van der Waals surface area contributed by atoms with Crippen molar-refractivity contribution in [1.29, 1.82) is 0 Å². The molecule has 0 amide bonds. The Kier molecular flexibility index (Phi) is 7.39. The van der Waals surface area contributed by atoms with Crippen LogP contribution in [-0.4, -0.2) is 36.2 Å². The second kappa shape index (κ2) is 10.4. The molecule has 0 unspecified atom stereocenters. The number of benzene rings is 3. The van der Waals surface area contributed by atoms with Gasteiger partial charge in [-0.15, -0.1) is 0 Å². The van der Waals surface area contributed by atoms with Gasteiger partial charge in [0.15, 0.2) is 5.41 Å². The maximum absolute atomic E-state index is 14.1. The molecule has 4 rings (SSSR count). The van der Waals surface area contributed by atoms with E-state index in [-0.39, 0.29) is 6.10 Å². The minimum absolute atomic E-state index is 0.378. The average Bonchev–Trinajstić information content (AvgIpc) is 3.15. The van der Waals surface area contributed by atoms with Gasteiger partial charge < -0.3 is 14.2 Å². The van der Waals surface area contributed by atoms with E-state index in [0.29, 0.717) is 16.7 Å². The van der Waals surface area contributed by atoms with E-state index in [9.17, 15) is 14.4 Å². The molecule has 3 aromatic carbocycles. The maximum atomic E-state index is 14.1. The summed E-state index contributed by atoms with van der Waals surface area (Å²) in [5.74, 6) is -3.83. The Bertz CT molecular complexity index is 1300. The highest BCUT2D eigenvalue weighted by Gasteiger charge is 2.66. The lowest BCUT2D eigenvalue weighted by Gasteiger charge is -2.35. The highest BCUT2D eigenvalue weighted by Crippen LogP contribution is 2.58. The van der Waals surface area contributed by atoms with Gasteiger partial charge in [0.25, 0.3) is 0 Å². The highest BCUT2D eigenvalue weighted by molar-refractivity contribution is 6.11. The van der Waals surface area contributed by atoms with Gasteiger partial charge in [-0.25, -0.2) is 0 Å². The fourth-order valence-electron chi connectivity index (χ4n) is 5.31. The highest BCUT2D eigenvalue weighted by atomic mass is 16.6. The number of ether oxygens (including phenoxy) is 3. The average molecular weight is 503 g/mol. The first-order valence-electron chi connectivity index (χ1n) is 12.8. The summed E-state index contributed by atoms with van der Waals surface area (Å²) < 4.78 is 17.2.